The van der Waals surface area contributed by atoms with Gasteiger partial charge in [-0.1, -0.05) is 23.7 Å². The van der Waals surface area contributed by atoms with Crippen LogP contribution in [0.25, 0.3) is 0 Å². The van der Waals surface area contributed by atoms with E-state index in [1.165, 1.54) is 17.0 Å². The Morgan fingerprint density at radius 3 is 2.70 bits per heavy atom. The number of amides is 1. The van der Waals surface area contributed by atoms with E-state index in [1.54, 1.807) is 31.3 Å². The topological polar surface area (TPSA) is 33.2 Å². The number of hydrogen-bond acceptors (Lipinski definition) is 2. The molecule has 0 aliphatic carbocycles. The molecule has 20 heavy (non-hydrogen) atoms. The number of nitrogens with zero attached hydrogens (tertiary/aromatic N) is 2. The lowest BCUT2D eigenvalue weighted by molar-refractivity contribution is 0.0778. The lowest BCUT2D eigenvalue weighted by Crippen LogP contribution is -2.27. The number of aromatic nitrogens is 1. The molecule has 0 spiro atoms. The van der Waals surface area contributed by atoms with Gasteiger partial charge in [0.2, 0.25) is 0 Å². The molecule has 0 atom stereocenters. The number of rotatable bonds is 3. The highest BCUT2D eigenvalue weighted by molar-refractivity contribution is 9.10. The van der Waals surface area contributed by atoms with Gasteiger partial charge in [-0.2, -0.15) is 0 Å². The molecule has 104 valence electrons. The fourth-order valence-electron chi connectivity index (χ4n) is 1.72. The molecule has 0 saturated heterocycles. The summed E-state index contributed by atoms with van der Waals surface area (Å²) in [5.41, 5.74) is 0.578. The van der Waals surface area contributed by atoms with Gasteiger partial charge in [-0.15, -0.1) is 0 Å². The molecule has 1 amide bonds. The first kappa shape index (κ1) is 14.9. The maximum atomic E-state index is 13.7. The van der Waals surface area contributed by atoms with Gasteiger partial charge in [-0.25, -0.2) is 9.37 Å². The molecule has 2 aromatic rings. The predicted molar refractivity (Wildman–Crippen MR) is 79.1 cm³/mol. The third kappa shape index (κ3) is 3.35. The standard InChI is InChI=1S/C14H11BrClFN2O/c1-19(8-9-10(16)4-2-5-11(9)17)14(20)12-6-3-7-13(15)18-12/h2-7H,8H2,1H3. The van der Waals surface area contributed by atoms with Gasteiger partial charge in [0.05, 0.1) is 6.54 Å². The van der Waals surface area contributed by atoms with Crippen LogP contribution < -0.4 is 0 Å². The van der Waals surface area contributed by atoms with Crippen LogP contribution in [0.15, 0.2) is 41.0 Å². The monoisotopic (exact) mass is 356 g/mol. The lowest BCUT2D eigenvalue weighted by atomic mass is 10.2. The van der Waals surface area contributed by atoms with E-state index >= 15 is 0 Å². The Hall–Kier alpha value is -1.46. The molecule has 0 radical (unpaired) electrons. The van der Waals surface area contributed by atoms with Gasteiger partial charge in [0, 0.05) is 17.6 Å². The highest BCUT2D eigenvalue weighted by atomic mass is 79.9. The Labute approximate surface area is 129 Å². The van der Waals surface area contributed by atoms with E-state index in [2.05, 4.69) is 20.9 Å². The maximum absolute atomic E-state index is 13.7. The van der Waals surface area contributed by atoms with Gasteiger partial charge >= 0.3 is 0 Å². The van der Waals surface area contributed by atoms with Crippen LogP contribution in [-0.4, -0.2) is 22.8 Å². The van der Waals surface area contributed by atoms with E-state index in [0.29, 0.717) is 15.2 Å². The van der Waals surface area contributed by atoms with Crippen LogP contribution in [0.4, 0.5) is 4.39 Å². The van der Waals surface area contributed by atoms with Gasteiger partial charge in [-0.3, -0.25) is 4.79 Å². The molecule has 0 aliphatic rings. The van der Waals surface area contributed by atoms with Crippen molar-refractivity contribution in [1.29, 1.82) is 0 Å². The first-order valence-corrected chi connectivity index (χ1v) is 6.97. The van der Waals surface area contributed by atoms with E-state index in [4.69, 9.17) is 11.6 Å². The summed E-state index contributed by atoms with van der Waals surface area (Å²) in [5.74, 6) is -0.732. The summed E-state index contributed by atoms with van der Waals surface area (Å²) >= 11 is 9.16. The summed E-state index contributed by atoms with van der Waals surface area (Å²) in [5, 5.41) is 0.298. The summed E-state index contributed by atoms with van der Waals surface area (Å²) in [6, 6.07) is 9.48. The molecule has 0 aliphatic heterocycles. The second-order valence-corrected chi connectivity index (χ2v) is 5.43. The summed E-state index contributed by atoms with van der Waals surface area (Å²) in [6.45, 7) is 0.0819. The largest absolute Gasteiger partial charge is 0.336 e. The van der Waals surface area contributed by atoms with Crippen LogP contribution in [0.3, 0.4) is 0 Å². The van der Waals surface area contributed by atoms with Crippen molar-refractivity contribution in [2.45, 2.75) is 6.54 Å². The van der Waals surface area contributed by atoms with Crippen molar-refractivity contribution in [2.24, 2.45) is 0 Å². The number of halogens is 3. The molecule has 6 heteroatoms. The van der Waals surface area contributed by atoms with Crippen molar-refractivity contribution in [3.8, 4) is 0 Å². The van der Waals surface area contributed by atoms with Gasteiger partial charge in [0.15, 0.2) is 0 Å². The smallest absolute Gasteiger partial charge is 0.272 e. The molecule has 0 bridgehead atoms. The molecule has 1 heterocycles. The van der Waals surface area contributed by atoms with E-state index in [9.17, 15) is 9.18 Å². The Morgan fingerprint density at radius 2 is 2.05 bits per heavy atom. The molecule has 3 nitrogen and oxygen atoms in total. The van der Waals surface area contributed by atoms with Gasteiger partial charge in [0.1, 0.15) is 16.1 Å². The quantitative estimate of drug-likeness (QED) is 0.780. The minimum atomic E-state index is -0.431. The molecular weight excluding hydrogens is 347 g/mol. The van der Waals surface area contributed by atoms with Crippen molar-refractivity contribution in [3.63, 3.8) is 0 Å². The third-order valence-electron chi connectivity index (χ3n) is 2.74. The summed E-state index contributed by atoms with van der Waals surface area (Å²) in [7, 11) is 1.58. The second-order valence-electron chi connectivity index (χ2n) is 4.21. The van der Waals surface area contributed by atoms with Crippen LogP contribution in [-0.2, 0) is 6.54 Å². The van der Waals surface area contributed by atoms with E-state index in [-0.39, 0.29) is 18.1 Å². The average Bonchev–Trinajstić information content (AvgIpc) is 2.42. The fourth-order valence-corrected chi connectivity index (χ4v) is 2.28. The van der Waals surface area contributed by atoms with Crippen molar-refractivity contribution in [2.75, 3.05) is 7.05 Å². The van der Waals surface area contributed by atoms with Crippen LogP contribution in [0.2, 0.25) is 5.02 Å². The van der Waals surface area contributed by atoms with Crippen molar-refractivity contribution < 1.29 is 9.18 Å². The first-order valence-electron chi connectivity index (χ1n) is 5.80. The van der Waals surface area contributed by atoms with Crippen LogP contribution >= 0.6 is 27.5 Å². The summed E-state index contributed by atoms with van der Waals surface area (Å²) < 4.78 is 14.3. The Morgan fingerprint density at radius 1 is 1.35 bits per heavy atom. The zero-order valence-electron chi connectivity index (χ0n) is 10.6. The van der Waals surface area contributed by atoms with Gasteiger partial charge < -0.3 is 4.90 Å². The van der Waals surface area contributed by atoms with E-state index in [1.807, 2.05) is 0 Å². The molecular formula is C14H11BrClFN2O. The van der Waals surface area contributed by atoms with E-state index < -0.39 is 5.82 Å². The van der Waals surface area contributed by atoms with Gasteiger partial charge in [-0.05, 0) is 40.2 Å². The molecule has 2 rings (SSSR count). The number of benzene rings is 1. The average molecular weight is 358 g/mol. The third-order valence-corrected chi connectivity index (χ3v) is 3.53. The van der Waals surface area contributed by atoms with Gasteiger partial charge in [0.25, 0.3) is 5.91 Å². The molecule has 1 aromatic heterocycles. The zero-order chi connectivity index (χ0) is 14.7. The SMILES string of the molecule is CN(Cc1c(F)cccc1Cl)C(=O)c1cccc(Br)n1. The second kappa shape index (κ2) is 6.33. The highest BCUT2D eigenvalue weighted by Crippen LogP contribution is 2.21. The molecule has 1 aromatic carbocycles. The molecule has 0 N–H and O–H groups in total. The van der Waals surface area contributed by atoms with Crippen LogP contribution in [0.1, 0.15) is 16.1 Å². The minimum Gasteiger partial charge on any atom is -0.336 e. The van der Waals surface area contributed by atoms with Crippen LogP contribution in [0, 0.1) is 5.82 Å². The minimum absolute atomic E-state index is 0.0819. The number of hydrogen-bond donors (Lipinski definition) is 0. The Bertz CT molecular complexity index is 631. The number of carbonyl (C=O) groups is 1. The molecule has 0 unspecified atom stereocenters. The van der Waals surface area contributed by atoms with Crippen molar-refractivity contribution >= 4 is 33.4 Å². The predicted octanol–water partition coefficient (Wildman–Crippen LogP) is 3.91. The van der Waals surface area contributed by atoms with E-state index in [0.717, 1.165) is 0 Å². The lowest BCUT2D eigenvalue weighted by Gasteiger charge is -2.18. The fraction of sp³-hybridized carbons (Fsp3) is 0.143. The van der Waals surface area contributed by atoms with Crippen molar-refractivity contribution in [3.05, 3.63) is 63.1 Å². The van der Waals surface area contributed by atoms with Crippen LogP contribution in [0.5, 0.6) is 0 Å². The summed E-state index contributed by atoms with van der Waals surface area (Å²) in [6.07, 6.45) is 0. The normalized spacial score (nSPS) is 10.4. The zero-order valence-corrected chi connectivity index (χ0v) is 12.9. The summed E-state index contributed by atoms with van der Waals surface area (Å²) in [4.78, 5) is 17.7. The number of carbonyl (C=O) groups excluding carboxylic acids is 1. The number of pyridine rings is 1. The molecule has 0 fully saturated rings. The Kier molecular flexibility index (Phi) is 4.73. The Balaban J connectivity index is 2.20. The maximum Gasteiger partial charge on any atom is 0.272 e. The first-order chi connectivity index (χ1) is 9.49. The van der Waals surface area contributed by atoms with Crippen molar-refractivity contribution in [1.82, 2.24) is 9.88 Å². The highest BCUT2D eigenvalue weighted by Gasteiger charge is 2.16. The molecule has 0 saturated carbocycles.